The number of aromatic nitrogens is 2. The highest BCUT2D eigenvalue weighted by atomic mass is 16.1. The third-order valence-corrected chi connectivity index (χ3v) is 3.61. The van der Waals surface area contributed by atoms with Crippen LogP contribution in [0.2, 0.25) is 0 Å². The van der Waals surface area contributed by atoms with Gasteiger partial charge in [0.05, 0.1) is 11.0 Å². The Labute approximate surface area is 106 Å². The lowest BCUT2D eigenvalue weighted by Crippen LogP contribution is -2.25. The highest BCUT2D eigenvalue weighted by Crippen LogP contribution is 2.27. The molecule has 0 unspecified atom stereocenters. The summed E-state index contributed by atoms with van der Waals surface area (Å²) in [4.78, 5) is 16.4. The Hall–Kier alpha value is -1.84. The number of nitrogens with one attached hydrogen (secondary N) is 1. The summed E-state index contributed by atoms with van der Waals surface area (Å²) in [6.07, 6.45) is 2.50. The van der Waals surface area contributed by atoms with E-state index >= 15 is 0 Å². The van der Waals surface area contributed by atoms with E-state index in [-0.39, 0.29) is 5.91 Å². The molecule has 94 valence electrons. The van der Waals surface area contributed by atoms with Crippen LogP contribution in [0.15, 0.2) is 18.2 Å². The van der Waals surface area contributed by atoms with Gasteiger partial charge in [-0.05, 0) is 43.9 Å². The lowest BCUT2D eigenvalue weighted by molar-refractivity contribution is 0.0952. The van der Waals surface area contributed by atoms with Gasteiger partial charge in [-0.25, -0.2) is 4.98 Å². The van der Waals surface area contributed by atoms with Gasteiger partial charge < -0.3 is 9.88 Å². The summed E-state index contributed by atoms with van der Waals surface area (Å²) in [6, 6.07) is 5.69. The molecule has 1 saturated carbocycles. The van der Waals surface area contributed by atoms with E-state index in [2.05, 4.69) is 10.3 Å². The smallest absolute Gasteiger partial charge is 0.251 e. The molecule has 1 aromatic heterocycles. The van der Waals surface area contributed by atoms with Crippen molar-refractivity contribution in [2.24, 2.45) is 13.0 Å². The summed E-state index contributed by atoms with van der Waals surface area (Å²) in [6.45, 7) is 2.77. The van der Waals surface area contributed by atoms with Crippen LogP contribution in [0, 0.1) is 12.8 Å². The number of carbonyl (C=O) groups excluding carboxylic acids is 1. The molecule has 1 heterocycles. The van der Waals surface area contributed by atoms with Crippen molar-refractivity contribution in [2.75, 3.05) is 6.54 Å². The Kier molecular flexibility index (Phi) is 2.58. The zero-order valence-corrected chi connectivity index (χ0v) is 10.7. The Morgan fingerprint density at radius 2 is 2.28 bits per heavy atom. The van der Waals surface area contributed by atoms with Crippen molar-refractivity contribution in [1.29, 1.82) is 0 Å². The summed E-state index contributed by atoms with van der Waals surface area (Å²) in [5.74, 6) is 1.67. The highest BCUT2D eigenvalue weighted by Gasteiger charge is 2.22. The number of carbonyl (C=O) groups is 1. The molecule has 2 aromatic rings. The first kappa shape index (κ1) is 11.3. The first-order valence-corrected chi connectivity index (χ1v) is 6.36. The van der Waals surface area contributed by atoms with Gasteiger partial charge in [0.1, 0.15) is 5.82 Å². The van der Waals surface area contributed by atoms with E-state index in [1.165, 1.54) is 12.8 Å². The summed E-state index contributed by atoms with van der Waals surface area (Å²) in [5, 5.41) is 2.97. The maximum absolute atomic E-state index is 12.0. The van der Waals surface area contributed by atoms with E-state index in [0.717, 1.165) is 23.4 Å². The summed E-state index contributed by atoms with van der Waals surface area (Å²) in [5.41, 5.74) is 2.64. The van der Waals surface area contributed by atoms with E-state index in [1.807, 2.05) is 36.7 Å². The number of imidazole rings is 1. The van der Waals surface area contributed by atoms with Crippen molar-refractivity contribution in [3.63, 3.8) is 0 Å². The number of nitrogens with zero attached hydrogens (tertiary/aromatic N) is 2. The number of aryl methyl sites for hydroxylation is 2. The van der Waals surface area contributed by atoms with E-state index in [0.29, 0.717) is 11.5 Å². The van der Waals surface area contributed by atoms with Gasteiger partial charge in [-0.15, -0.1) is 0 Å². The maximum Gasteiger partial charge on any atom is 0.251 e. The second-order valence-corrected chi connectivity index (χ2v) is 5.07. The first-order chi connectivity index (χ1) is 8.65. The topological polar surface area (TPSA) is 46.9 Å². The van der Waals surface area contributed by atoms with Crippen molar-refractivity contribution in [1.82, 2.24) is 14.9 Å². The minimum absolute atomic E-state index is 0.00658. The zero-order chi connectivity index (χ0) is 12.7. The SMILES string of the molecule is Cc1nc2cc(C(=O)NCC3CC3)ccc2n1C. The van der Waals surface area contributed by atoms with Crippen LogP contribution in [-0.4, -0.2) is 22.0 Å². The summed E-state index contributed by atoms with van der Waals surface area (Å²) < 4.78 is 2.03. The van der Waals surface area contributed by atoms with Crippen molar-refractivity contribution < 1.29 is 4.79 Å². The lowest BCUT2D eigenvalue weighted by Gasteiger charge is -2.04. The second-order valence-electron chi connectivity index (χ2n) is 5.07. The molecule has 0 radical (unpaired) electrons. The average molecular weight is 243 g/mol. The minimum atomic E-state index is 0.00658. The third-order valence-electron chi connectivity index (χ3n) is 3.61. The summed E-state index contributed by atoms with van der Waals surface area (Å²) >= 11 is 0. The van der Waals surface area contributed by atoms with Crippen molar-refractivity contribution in [3.8, 4) is 0 Å². The van der Waals surface area contributed by atoms with Crippen LogP contribution in [0.4, 0.5) is 0 Å². The molecule has 0 atom stereocenters. The van der Waals surface area contributed by atoms with Gasteiger partial charge in [-0.2, -0.15) is 0 Å². The molecule has 0 aliphatic heterocycles. The standard InChI is InChI=1S/C14H17N3O/c1-9-16-12-7-11(5-6-13(12)17(9)2)14(18)15-8-10-3-4-10/h5-7,10H,3-4,8H2,1-2H3,(H,15,18). The Morgan fingerprint density at radius 1 is 1.50 bits per heavy atom. The fourth-order valence-electron chi connectivity index (χ4n) is 2.12. The second kappa shape index (κ2) is 4.12. The Bertz CT molecular complexity index is 611. The van der Waals surface area contributed by atoms with Crippen LogP contribution >= 0.6 is 0 Å². The van der Waals surface area contributed by atoms with Gasteiger partial charge in [0, 0.05) is 19.2 Å². The zero-order valence-electron chi connectivity index (χ0n) is 10.7. The van der Waals surface area contributed by atoms with Gasteiger partial charge in [0.2, 0.25) is 0 Å². The van der Waals surface area contributed by atoms with Crippen LogP contribution in [0.1, 0.15) is 29.0 Å². The molecule has 4 nitrogen and oxygen atoms in total. The maximum atomic E-state index is 12.0. The fourth-order valence-corrected chi connectivity index (χ4v) is 2.12. The van der Waals surface area contributed by atoms with Crippen LogP contribution in [-0.2, 0) is 7.05 Å². The van der Waals surface area contributed by atoms with Crippen molar-refractivity contribution in [2.45, 2.75) is 19.8 Å². The lowest BCUT2D eigenvalue weighted by atomic mass is 10.2. The van der Waals surface area contributed by atoms with Crippen LogP contribution in [0.3, 0.4) is 0 Å². The molecule has 1 fully saturated rings. The number of hydrogen-bond donors (Lipinski definition) is 1. The fraction of sp³-hybridized carbons (Fsp3) is 0.429. The van der Waals surface area contributed by atoms with Crippen LogP contribution in [0.25, 0.3) is 11.0 Å². The molecule has 0 saturated heterocycles. The quantitative estimate of drug-likeness (QED) is 0.896. The number of benzene rings is 1. The molecular weight excluding hydrogens is 226 g/mol. The minimum Gasteiger partial charge on any atom is -0.352 e. The molecular formula is C14H17N3O. The van der Waals surface area contributed by atoms with Gasteiger partial charge in [0.25, 0.3) is 5.91 Å². The number of rotatable bonds is 3. The molecule has 4 heteroatoms. The third kappa shape index (κ3) is 1.98. The molecule has 18 heavy (non-hydrogen) atoms. The van der Waals surface area contributed by atoms with Crippen molar-refractivity contribution >= 4 is 16.9 Å². The molecule has 1 aromatic carbocycles. The first-order valence-electron chi connectivity index (χ1n) is 6.36. The normalized spacial score (nSPS) is 15.0. The van der Waals surface area contributed by atoms with Gasteiger partial charge in [-0.3, -0.25) is 4.79 Å². The predicted molar refractivity (Wildman–Crippen MR) is 70.5 cm³/mol. The van der Waals surface area contributed by atoms with Crippen LogP contribution in [0.5, 0.6) is 0 Å². The largest absolute Gasteiger partial charge is 0.352 e. The molecule has 0 bridgehead atoms. The van der Waals surface area contributed by atoms with E-state index in [4.69, 9.17) is 0 Å². The van der Waals surface area contributed by atoms with E-state index < -0.39 is 0 Å². The van der Waals surface area contributed by atoms with Gasteiger partial charge in [0.15, 0.2) is 0 Å². The summed E-state index contributed by atoms with van der Waals surface area (Å²) in [7, 11) is 1.98. The Balaban J connectivity index is 1.85. The molecule has 1 aliphatic rings. The Morgan fingerprint density at radius 3 is 3.00 bits per heavy atom. The predicted octanol–water partition coefficient (Wildman–Crippen LogP) is 2.02. The molecule has 0 spiro atoms. The van der Waals surface area contributed by atoms with Gasteiger partial charge in [-0.1, -0.05) is 0 Å². The van der Waals surface area contributed by atoms with Crippen LogP contribution < -0.4 is 5.32 Å². The molecule has 1 aliphatic carbocycles. The molecule has 1 N–H and O–H groups in total. The monoisotopic (exact) mass is 243 g/mol. The number of amides is 1. The average Bonchev–Trinajstić information content (AvgIpc) is 3.14. The molecule has 3 rings (SSSR count). The molecule has 1 amide bonds. The van der Waals surface area contributed by atoms with E-state index in [1.54, 1.807) is 0 Å². The number of hydrogen-bond acceptors (Lipinski definition) is 2. The van der Waals surface area contributed by atoms with E-state index in [9.17, 15) is 4.79 Å². The van der Waals surface area contributed by atoms with Gasteiger partial charge >= 0.3 is 0 Å². The van der Waals surface area contributed by atoms with Crippen molar-refractivity contribution in [3.05, 3.63) is 29.6 Å². The highest BCUT2D eigenvalue weighted by molar-refractivity contribution is 5.97. The number of fused-ring (bicyclic) bond motifs is 1.